The lowest BCUT2D eigenvalue weighted by molar-refractivity contribution is 0.0577. The van der Waals surface area contributed by atoms with Crippen LogP contribution in [0.15, 0.2) is 36.9 Å². The lowest BCUT2D eigenvalue weighted by atomic mass is 10.2. The Bertz CT molecular complexity index is 343. The van der Waals surface area contributed by atoms with E-state index in [1.807, 2.05) is 12.1 Å². The Hall–Kier alpha value is -1.97. The van der Waals surface area contributed by atoms with Crippen LogP contribution in [0, 0.1) is 0 Å². The van der Waals surface area contributed by atoms with Gasteiger partial charge in [-0.2, -0.15) is 0 Å². The summed E-state index contributed by atoms with van der Waals surface area (Å²) in [6, 6.07) is 7.24. The predicted molar refractivity (Wildman–Crippen MR) is 59.3 cm³/mol. The highest BCUT2D eigenvalue weighted by atomic mass is 16.7. The van der Waals surface area contributed by atoms with Crippen molar-refractivity contribution in [1.29, 1.82) is 0 Å². The summed E-state index contributed by atoms with van der Waals surface area (Å²) in [5.41, 5.74) is 0.872. The number of methoxy groups -OCH3 is 1. The molecule has 0 aliphatic rings. The predicted octanol–water partition coefficient (Wildman–Crippen LogP) is 2.53. The van der Waals surface area contributed by atoms with Gasteiger partial charge in [0.15, 0.2) is 0 Å². The van der Waals surface area contributed by atoms with Crippen molar-refractivity contribution in [2.24, 2.45) is 0 Å². The summed E-state index contributed by atoms with van der Waals surface area (Å²) in [6.07, 6.45) is 0.782. The van der Waals surface area contributed by atoms with E-state index in [1.54, 1.807) is 19.2 Å². The van der Waals surface area contributed by atoms with Crippen LogP contribution in [0.5, 0.6) is 5.75 Å². The molecule has 0 fully saturated rings. The van der Waals surface area contributed by atoms with E-state index in [9.17, 15) is 4.79 Å². The number of benzene rings is 1. The maximum Gasteiger partial charge on any atom is 0.508 e. The molecule has 0 atom stereocenters. The molecule has 86 valence electrons. The third-order valence-corrected chi connectivity index (χ3v) is 1.83. The largest absolute Gasteiger partial charge is 0.508 e. The maximum absolute atomic E-state index is 11.0. The highest BCUT2D eigenvalue weighted by Gasteiger charge is 2.02. The second kappa shape index (κ2) is 6.50. The Labute approximate surface area is 94.4 Å². The van der Waals surface area contributed by atoms with Crippen LogP contribution in [-0.2, 0) is 16.1 Å². The quantitative estimate of drug-likeness (QED) is 0.567. The van der Waals surface area contributed by atoms with Crippen molar-refractivity contribution in [2.75, 3.05) is 13.7 Å². The molecular formula is C12H14O4. The molecule has 4 heteroatoms. The number of carbonyl (C=O) groups is 1. The molecule has 0 aromatic heterocycles. The maximum atomic E-state index is 11.0. The first kappa shape index (κ1) is 12.1. The molecule has 0 radical (unpaired) electrons. The molecule has 0 aliphatic carbocycles. The van der Waals surface area contributed by atoms with E-state index in [4.69, 9.17) is 9.47 Å². The van der Waals surface area contributed by atoms with Crippen LogP contribution >= 0.6 is 0 Å². The standard InChI is InChI=1S/C12H14O4/c1-3-8-15-12(13)16-9-10-4-6-11(14-2)7-5-10/h3-7H,1,8-9H2,2H3. The van der Waals surface area contributed by atoms with Gasteiger partial charge in [0.25, 0.3) is 0 Å². The van der Waals surface area contributed by atoms with Gasteiger partial charge in [-0.3, -0.25) is 0 Å². The molecule has 0 bridgehead atoms. The van der Waals surface area contributed by atoms with Crippen molar-refractivity contribution < 1.29 is 19.0 Å². The lowest BCUT2D eigenvalue weighted by Crippen LogP contribution is -2.07. The second-order valence-electron chi connectivity index (χ2n) is 2.99. The molecule has 1 rings (SSSR count). The van der Waals surface area contributed by atoms with Gasteiger partial charge < -0.3 is 14.2 Å². The number of carbonyl (C=O) groups excluding carboxylic acids is 1. The molecule has 0 N–H and O–H groups in total. The number of hydrogen-bond acceptors (Lipinski definition) is 4. The number of hydrogen-bond donors (Lipinski definition) is 0. The van der Waals surface area contributed by atoms with Gasteiger partial charge >= 0.3 is 6.16 Å². The van der Waals surface area contributed by atoms with Gasteiger partial charge in [0.1, 0.15) is 19.0 Å². The molecule has 1 aromatic rings. The molecule has 0 saturated heterocycles. The Morgan fingerprint density at radius 1 is 1.31 bits per heavy atom. The fraction of sp³-hybridized carbons (Fsp3) is 0.250. The van der Waals surface area contributed by atoms with Gasteiger partial charge in [0.2, 0.25) is 0 Å². The zero-order valence-electron chi connectivity index (χ0n) is 9.14. The topological polar surface area (TPSA) is 44.8 Å². The monoisotopic (exact) mass is 222 g/mol. The molecule has 1 aromatic carbocycles. The Kier molecular flexibility index (Phi) is 4.92. The molecule has 4 nitrogen and oxygen atoms in total. The molecule has 0 heterocycles. The smallest absolute Gasteiger partial charge is 0.497 e. The van der Waals surface area contributed by atoms with Crippen LogP contribution in [0.4, 0.5) is 4.79 Å². The minimum Gasteiger partial charge on any atom is -0.497 e. The van der Waals surface area contributed by atoms with Crippen LogP contribution in [-0.4, -0.2) is 19.9 Å². The van der Waals surface area contributed by atoms with E-state index < -0.39 is 6.16 Å². The van der Waals surface area contributed by atoms with Crippen molar-refractivity contribution in [1.82, 2.24) is 0 Å². The number of rotatable bonds is 5. The molecular weight excluding hydrogens is 208 g/mol. The third-order valence-electron chi connectivity index (χ3n) is 1.83. The summed E-state index contributed by atoms with van der Waals surface area (Å²) in [4.78, 5) is 11.0. The third kappa shape index (κ3) is 4.04. The van der Waals surface area contributed by atoms with Crippen LogP contribution in [0.2, 0.25) is 0 Å². The van der Waals surface area contributed by atoms with Gasteiger partial charge in [0.05, 0.1) is 7.11 Å². The molecule has 0 saturated carbocycles. The Morgan fingerprint density at radius 2 is 2.00 bits per heavy atom. The highest BCUT2D eigenvalue weighted by molar-refractivity contribution is 5.60. The number of ether oxygens (including phenoxy) is 3. The van der Waals surface area contributed by atoms with Crippen molar-refractivity contribution in [2.45, 2.75) is 6.61 Å². The summed E-state index contributed by atoms with van der Waals surface area (Å²) in [7, 11) is 1.60. The summed E-state index contributed by atoms with van der Waals surface area (Å²) in [6.45, 7) is 3.76. The summed E-state index contributed by atoms with van der Waals surface area (Å²) < 4.78 is 14.5. The van der Waals surface area contributed by atoms with E-state index in [0.717, 1.165) is 11.3 Å². The van der Waals surface area contributed by atoms with E-state index in [-0.39, 0.29) is 13.2 Å². The van der Waals surface area contributed by atoms with Gasteiger partial charge in [-0.1, -0.05) is 24.8 Å². The highest BCUT2D eigenvalue weighted by Crippen LogP contribution is 2.12. The van der Waals surface area contributed by atoms with E-state index in [0.29, 0.717) is 0 Å². The molecule has 0 aliphatic heterocycles. The van der Waals surface area contributed by atoms with Crippen molar-refractivity contribution in [3.8, 4) is 5.75 Å². The normalized spacial score (nSPS) is 9.31. The van der Waals surface area contributed by atoms with Crippen LogP contribution in [0.3, 0.4) is 0 Å². The van der Waals surface area contributed by atoms with E-state index in [2.05, 4.69) is 11.3 Å². The van der Waals surface area contributed by atoms with Gasteiger partial charge in [-0.05, 0) is 17.7 Å². The van der Waals surface area contributed by atoms with Crippen molar-refractivity contribution in [3.63, 3.8) is 0 Å². The summed E-state index contributed by atoms with van der Waals surface area (Å²) in [5, 5.41) is 0. The van der Waals surface area contributed by atoms with Crippen molar-refractivity contribution >= 4 is 6.16 Å². The fourth-order valence-corrected chi connectivity index (χ4v) is 1.03. The van der Waals surface area contributed by atoms with E-state index in [1.165, 1.54) is 6.08 Å². The van der Waals surface area contributed by atoms with Gasteiger partial charge in [0, 0.05) is 0 Å². The molecule has 0 spiro atoms. The van der Waals surface area contributed by atoms with E-state index >= 15 is 0 Å². The average Bonchev–Trinajstić information content (AvgIpc) is 2.34. The molecule has 0 amide bonds. The molecule has 0 unspecified atom stereocenters. The first-order chi connectivity index (χ1) is 7.76. The van der Waals surface area contributed by atoms with Gasteiger partial charge in [-0.25, -0.2) is 4.79 Å². The second-order valence-corrected chi connectivity index (χ2v) is 2.99. The average molecular weight is 222 g/mol. The Balaban J connectivity index is 2.36. The van der Waals surface area contributed by atoms with Crippen LogP contribution in [0.1, 0.15) is 5.56 Å². The zero-order chi connectivity index (χ0) is 11.8. The fourth-order valence-electron chi connectivity index (χ4n) is 1.03. The first-order valence-electron chi connectivity index (χ1n) is 4.79. The summed E-state index contributed by atoms with van der Waals surface area (Å²) >= 11 is 0. The van der Waals surface area contributed by atoms with Gasteiger partial charge in [-0.15, -0.1) is 0 Å². The first-order valence-corrected chi connectivity index (χ1v) is 4.79. The lowest BCUT2D eigenvalue weighted by Gasteiger charge is -2.05. The van der Waals surface area contributed by atoms with Crippen molar-refractivity contribution in [3.05, 3.63) is 42.5 Å². The minimum atomic E-state index is -0.698. The Morgan fingerprint density at radius 3 is 2.56 bits per heavy atom. The zero-order valence-corrected chi connectivity index (χ0v) is 9.14. The van der Waals surface area contributed by atoms with Crippen LogP contribution in [0.25, 0.3) is 0 Å². The SMILES string of the molecule is C=CCOC(=O)OCc1ccc(OC)cc1. The van der Waals surface area contributed by atoms with Crippen LogP contribution < -0.4 is 4.74 Å². The summed E-state index contributed by atoms with van der Waals surface area (Å²) in [5.74, 6) is 0.762. The minimum absolute atomic E-state index is 0.154. The molecule has 16 heavy (non-hydrogen) atoms.